The molecule has 0 spiro atoms. The fourth-order valence-electron chi connectivity index (χ4n) is 2.29. The Hall–Kier alpha value is -2.69. The van der Waals surface area contributed by atoms with Crippen molar-refractivity contribution in [1.82, 2.24) is 0 Å². The van der Waals surface area contributed by atoms with E-state index in [1.807, 2.05) is 0 Å². The van der Waals surface area contributed by atoms with Gasteiger partial charge in [0.25, 0.3) is 5.91 Å². The van der Waals surface area contributed by atoms with E-state index in [2.05, 4.69) is 12.2 Å². The molecule has 0 aliphatic carbocycles. The van der Waals surface area contributed by atoms with Gasteiger partial charge in [-0.1, -0.05) is 38.3 Å². The Morgan fingerprint density at radius 2 is 1.64 bits per heavy atom. The number of hydrogen-bond donors (Lipinski definition) is 1. The third kappa shape index (κ3) is 5.71. The van der Waals surface area contributed by atoms with Crippen molar-refractivity contribution in [3.63, 3.8) is 0 Å². The van der Waals surface area contributed by atoms with Gasteiger partial charge in [-0.3, -0.25) is 4.79 Å². The van der Waals surface area contributed by atoms with Crippen LogP contribution in [-0.4, -0.2) is 18.5 Å². The molecule has 132 valence electrons. The van der Waals surface area contributed by atoms with Gasteiger partial charge in [0.05, 0.1) is 17.9 Å². The molecule has 0 radical (unpaired) electrons. The number of rotatable bonds is 8. The number of amides is 1. The van der Waals surface area contributed by atoms with Crippen LogP contribution in [0.15, 0.2) is 48.5 Å². The van der Waals surface area contributed by atoms with E-state index in [4.69, 9.17) is 4.74 Å². The van der Waals surface area contributed by atoms with Gasteiger partial charge in [0.1, 0.15) is 5.82 Å². The summed E-state index contributed by atoms with van der Waals surface area (Å²) >= 11 is 0. The van der Waals surface area contributed by atoms with Crippen LogP contribution < -0.4 is 5.32 Å². The van der Waals surface area contributed by atoms with E-state index in [9.17, 15) is 14.0 Å². The van der Waals surface area contributed by atoms with Gasteiger partial charge in [0.2, 0.25) is 0 Å². The largest absolute Gasteiger partial charge is 0.462 e. The van der Waals surface area contributed by atoms with E-state index in [-0.39, 0.29) is 5.69 Å². The molecule has 2 rings (SSSR count). The number of para-hydroxylation sites is 1. The first-order valence-electron chi connectivity index (χ1n) is 8.45. The molecule has 2 aromatic carbocycles. The van der Waals surface area contributed by atoms with Gasteiger partial charge in [-0.15, -0.1) is 0 Å². The van der Waals surface area contributed by atoms with E-state index < -0.39 is 17.7 Å². The zero-order chi connectivity index (χ0) is 18.1. The average molecular weight is 343 g/mol. The maximum absolute atomic E-state index is 13.6. The number of carbonyl (C=O) groups excluding carboxylic acids is 2. The molecular formula is C20H22FNO3. The average Bonchev–Trinajstić information content (AvgIpc) is 2.63. The molecule has 0 bridgehead atoms. The molecule has 1 N–H and O–H groups in total. The van der Waals surface area contributed by atoms with Crippen LogP contribution in [0.1, 0.15) is 53.3 Å². The molecule has 0 fully saturated rings. The Morgan fingerprint density at radius 3 is 2.32 bits per heavy atom. The summed E-state index contributed by atoms with van der Waals surface area (Å²) in [5, 5.41) is 2.50. The lowest BCUT2D eigenvalue weighted by molar-refractivity contribution is 0.0497. The molecule has 4 nitrogen and oxygen atoms in total. The summed E-state index contributed by atoms with van der Waals surface area (Å²) in [6.45, 7) is 2.52. The summed E-state index contributed by atoms with van der Waals surface area (Å²) in [6, 6.07) is 12.0. The Balaban J connectivity index is 1.89. The molecule has 0 aromatic heterocycles. The number of benzene rings is 2. The predicted octanol–water partition coefficient (Wildman–Crippen LogP) is 4.82. The van der Waals surface area contributed by atoms with Gasteiger partial charge < -0.3 is 10.1 Å². The third-order valence-corrected chi connectivity index (χ3v) is 3.74. The predicted molar refractivity (Wildman–Crippen MR) is 95.2 cm³/mol. The highest BCUT2D eigenvalue weighted by molar-refractivity contribution is 6.04. The molecule has 0 saturated heterocycles. The highest BCUT2D eigenvalue weighted by Gasteiger charge is 2.11. The fraction of sp³-hybridized carbons (Fsp3) is 0.300. The van der Waals surface area contributed by atoms with E-state index in [0.717, 1.165) is 25.7 Å². The minimum Gasteiger partial charge on any atom is -0.462 e. The first-order chi connectivity index (χ1) is 12.1. The van der Waals surface area contributed by atoms with E-state index in [1.54, 1.807) is 12.1 Å². The molecule has 2 aromatic rings. The van der Waals surface area contributed by atoms with E-state index in [1.165, 1.54) is 36.4 Å². The van der Waals surface area contributed by atoms with Crippen LogP contribution in [-0.2, 0) is 4.74 Å². The number of hydrogen-bond acceptors (Lipinski definition) is 3. The second kappa shape index (κ2) is 9.57. The van der Waals surface area contributed by atoms with Crippen molar-refractivity contribution in [2.24, 2.45) is 0 Å². The number of nitrogens with one attached hydrogen (secondary N) is 1. The number of carbonyl (C=O) groups is 2. The van der Waals surface area contributed by atoms with Crippen LogP contribution in [0.25, 0.3) is 0 Å². The van der Waals surface area contributed by atoms with Crippen molar-refractivity contribution in [1.29, 1.82) is 0 Å². The second-order valence-electron chi connectivity index (χ2n) is 5.71. The zero-order valence-corrected chi connectivity index (χ0v) is 14.3. The summed E-state index contributed by atoms with van der Waals surface area (Å²) in [6.07, 6.45) is 4.15. The van der Waals surface area contributed by atoms with Gasteiger partial charge in [0, 0.05) is 5.56 Å². The fourth-order valence-corrected chi connectivity index (χ4v) is 2.29. The molecule has 1 amide bonds. The van der Waals surface area contributed by atoms with Crippen LogP contribution in [0.2, 0.25) is 0 Å². The minimum absolute atomic E-state index is 0.114. The molecule has 0 unspecified atom stereocenters. The molecule has 0 aliphatic rings. The first kappa shape index (κ1) is 18.6. The molecule has 0 saturated carbocycles. The Morgan fingerprint density at radius 1 is 0.960 bits per heavy atom. The van der Waals surface area contributed by atoms with Crippen molar-refractivity contribution in [2.75, 3.05) is 11.9 Å². The normalized spacial score (nSPS) is 10.3. The van der Waals surface area contributed by atoms with Gasteiger partial charge in [-0.2, -0.15) is 0 Å². The number of anilines is 1. The summed E-state index contributed by atoms with van der Waals surface area (Å²) in [5.41, 5.74) is 0.837. The third-order valence-electron chi connectivity index (χ3n) is 3.74. The zero-order valence-electron chi connectivity index (χ0n) is 14.3. The second-order valence-corrected chi connectivity index (χ2v) is 5.71. The maximum Gasteiger partial charge on any atom is 0.338 e. The number of halogens is 1. The minimum atomic E-state index is -0.501. The Bertz CT molecular complexity index is 713. The van der Waals surface area contributed by atoms with Crippen molar-refractivity contribution in [3.8, 4) is 0 Å². The van der Waals surface area contributed by atoms with Crippen LogP contribution in [0, 0.1) is 5.82 Å². The summed E-state index contributed by atoms with van der Waals surface area (Å²) in [4.78, 5) is 24.0. The SMILES string of the molecule is CCCCCCOC(=O)c1ccc(C(=O)Nc2ccccc2F)cc1. The van der Waals surface area contributed by atoms with Crippen molar-refractivity contribution < 1.29 is 18.7 Å². The highest BCUT2D eigenvalue weighted by Crippen LogP contribution is 2.14. The quantitative estimate of drug-likeness (QED) is 0.552. The number of esters is 1. The Kier molecular flexibility index (Phi) is 7.14. The topological polar surface area (TPSA) is 55.4 Å². The number of ether oxygens (including phenoxy) is 1. The van der Waals surface area contributed by atoms with E-state index in [0.29, 0.717) is 17.7 Å². The summed E-state index contributed by atoms with van der Waals surface area (Å²) in [5.74, 6) is -1.35. The molecular weight excluding hydrogens is 321 g/mol. The van der Waals surface area contributed by atoms with Crippen molar-refractivity contribution in [2.45, 2.75) is 32.6 Å². The van der Waals surface area contributed by atoms with Crippen LogP contribution >= 0.6 is 0 Å². The summed E-state index contributed by atoms with van der Waals surface area (Å²) in [7, 11) is 0. The highest BCUT2D eigenvalue weighted by atomic mass is 19.1. The lowest BCUT2D eigenvalue weighted by atomic mass is 10.1. The molecule has 0 atom stereocenters. The summed E-state index contributed by atoms with van der Waals surface area (Å²) < 4.78 is 18.8. The van der Waals surface area contributed by atoms with Crippen LogP contribution in [0.3, 0.4) is 0 Å². The van der Waals surface area contributed by atoms with Gasteiger partial charge in [0.15, 0.2) is 0 Å². The molecule has 25 heavy (non-hydrogen) atoms. The van der Waals surface area contributed by atoms with Gasteiger partial charge >= 0.3 is 5.97 Å². The van der Waals surface area contributed by atoms with Crippen molar-refractivity contribution >= 4 is 17.6 Å². The van der Waals surface area contributed by atoms with Gasteiger partial charge in [-0.25, -0.2) is 9.18 Å². The first-order valence-corrected chi connectivity index (χ1v) is 8.45. The monoisotopic (exact) mass is 343 g/mol. The van der Waals surface area contributed by atoms with Crippen LogP contribution in [0.4, 0.5) is 10.1 Å². The molecule has 5 heteroatoms. The van der Waals surface area contributed by atoms with Crippen molar-refractivity contribution in [3.05, 3.63) is 65.5 Å². The Labute approximate surface area is 147 Å². The maximum atomic E-state index is 13.6. The standard InChI is InChI=1S/C20H22FNO3/c1-2-3-4-7-14-25-20(24)16-12-10-15(11-13-16)19(23)22-18-9-6-5-8-17(18)21/h5-6,8-13H,2-4,7,14H2,1H3,(H,22,23). The smallest absolute Gasteiger partial charge is 0.338 e. The lowest BCUT2D eigenvalue weighted by Gasteiger charge is -2.07. The molecule has 0 aliphatic heterocycles. The lowest BCUT2D eigenvalue weighted by Crippen LogP contribution is -2.13. The van der Waals surface area contributed by atoms with Crippen LogP contribution in [0.5, 0.6) is 0 Å². The molecule has 0 heterocycles. The van der Waals surface area contributed by atoms with E-state index >= 15 is 0 Å². The van der Waals surface area contributed by atoms with Gasteiger partial charge in [-0.05, 0) is 42.8 Å². The number of unbranched alkanes of at least 4 members (excludes halogenated alkanes) is 3.